The Labute approximate surface area is 127 Å². The van der Waals surface area contributed by atoms with Gasteiger partial charge in [-0.05, 0) is 39.4 Å². The van der Waals surface area contributed by atoms with Gasteiger partial charge in [0.1, 0.15) is 6.04 Å². The quantitative estimate of drug-likeness (QED) is 0.869. The molecule has 4 heteroatoms. The van der Waals surface area contributed by atoms with Gasteiger partial charge in [0, 0.05) is 19.0 Å². The standard InChI is InChI=1S/C17H26N2O2/c1-13-6-5-7-14(10-13)15(18(2)3)16(21)19(4)11-17(12-20)8-9-17/h5-7,10,15,20H,8-9,11-12H2,1-4H3/t15-/m0/s1. The Morgan fingerprint density at radius 3 is 2.48 bits per heavy atom. The SMILES string of the molecule is Cc1cccc([C@@H](C(=O)N(C)CC2(CO)CC2)N(C)C)c1. The van der Waals surface area contributed by atoms with Gasteiger partial charge in [-0.25, -0.2) is 0 Å². The number of hydrogen-bond donors (Lipinski definition) is 1. The van der Waals surface area contributed by atoms with Crippen LogP contribution in [0.15, 0.2) is 24.3 Å². The van der Waals surface area contributed by atoms with E-state index in [4.69, 9.17) is 0 Å². The van der Waals surface area contributed by atoms with Crippen LogP contribution in [0.3, 0.4) is 0 Å². The number of amides is 1. The zero-order valence-corrected chi connectivity index (χ0v) is 13.5. The summed E-state index contributed by atoms with van der Waals surface area (Å²) < 4.78 is 0. The summed E-state index contributed by atoms with van der Waals surface area (Å²) >= 11 is 0. The molecule has 0 radical (unpaired) electrons. The van der Waals surface area contributed by atoms with Crippen LogP contribution in [0.5, 0.6) is 0 Å². The third-order valence-corrected chi connectivity index (χ3v) is 4.35. The highest BCUT2D eigenvalue weighted by Crippen LogP contribution is 2.45. The molecule has 1 saturated carbocycles. The number of benzene rings is 1. The lowest BCUT2D eigenvalue weighted by Gasteiger charge is -2.30. The van der Waals surface area contributed by atoms with Crippen molar-refractivity contribution in [3.8, 4) is 0 Å². The highest BCUT2D eigenvalue weighted by atomic mass is 16.3. The maximum atomic E-state index is 12.8. The highest BCUT2D eigenvalue weighted by molar-refractivity contribution is 5.83. The van der Waals surface area contributed by atoms with Crippen molar-refractivity contribution in [2.75, 3.05) is 34.3 Å². The van der Waals surface area contributed by atoms with Gasteiger partial charge in [0.2, 0.25) is 5.91 Å². The third-order valence-electron chi connectivity index (χ3n) is 4.35. The van der Waals surface area contributed by atoms with Gasteiger partial charge in [-0.3, -0.25) is 9.69 Å². The number of aryl methyl sites for hydroxylation is 1. The monoisotopic (exact) mass is 290 g/mol. The van der Waals surface area contributed by atoms with E-state index in [1.807, 2.05) is 51.2 Å². The van der Waals surface area contributed by atoms with Crippen LogP contribution in [-0.4, -0.2) is 55.1 Å². The molecule has 0 unspecified atom stereocenters. The first-order valence-electron chi connectivity index (χ1n) is 7.47. The summed E-state index contributed by atoms with van der Waals surface area (Å²) in [5.41, 5.74) is 2.13. The first-order valence-corrected chi connectivity index (χ1v) is 7.47. The molecule has 1 aliphatic rings. The molecule has 1 aromatic carbocycles. The normalized spacial score (nSPS) is 17.6. The average molecular weight is 290 g/mol. The van der Waals surface area contributed by atoms with E-state index in [9.17, 15) is 9.90 Å². The summed E-state index contributed by atoms with van der Waals surface area (Å²) in [5.74, 6) is 0.0883. The van der Waals surface area contributed by atoms with Crippen LogP contribution in [-0.2, 0) is 4.79 Å². The molecule has 0 aromatic heterocycles. The summed E-state index contributed by atoms with van der Waals surface area (Å²) in [6.45, 7) is 2.84. The molecule has 1 atom stereocenters. The number of aliphatic hydroxyl groups is 1. The van der Waals surface area contributed by atoms with Crippen molar-refractivity contribution in [2.24, 2.45) is 5.41 Å². The van der Waals surface area contributed by atoms with Gasteiger partial charge in [-0.2, -0.15) is 0 Å². The molecule has 1 amide bonds. The largest absolute Gasteiger partial charge is 0.396 e. The topological polar surface area (TPSA) is 43.8 Å². The van der Waals surface area contributed by atoms with Gasteiger partial charge in [0.05, 0.1) is 6.61 Å². The lowest BCUT2D eigenvalue weighted by atomic mass is 10.0. The van der Waals surface area contributed by atoms with Gasteiger partial charge in [0.15, 0.2) is 0 Å². The molecular formula is C17H26N2O2. The summed E-state index contributed by atoms with van der Waals surface area (Å²) in [7, 11) is 5.69. The smallest absolute Gasteiger partial charge is 0.244 e. The van der Waals surface area contributed by atoms with Crippen molar-refractivity contribution in [2.45, 2.75) is 25.8 Å². The number of aliphatic hydroxyl groups excluding tert-OH is 1. The minimum Gasteiger partial charge on any atom is -0.396 e. The molecule has 0 spiro atoms. The molecule has 1 N–H and O–H groups in total. The lowest BCUT2D eigenvalue weighted by molar-refractivity contribution is -0.136. The van der Waals surface area contributed by atoms with Crippen molar-refractivity contribution in [1.29, 1.82) is 0 Å². The van der Waals surface area contributed by atoms with Crippen molar-refractivity contribution in [1.82, 2.24) is 9.80 Å². The molecule has 21 heavy (non-hydrogen) atoms. The Balaban J connectivity index is 2.16. The van der Waals surface area contributed by atoms with E-state index in [-0.39, 0.29) is 24.0 Å². The minimum atomic E-state index is -0.274. The molecule has 0 heterocycles. The zero-order valence-electron chi connectivity index (χ0n) is 13.5. The van der Waals surface area contributed by atoms with E-state index in [1.165, 1.54) is 0 Å². The molecule has 0 bridgehead atoms. The van der Waals surface area contributed by atoms with Gasteiger partial charge in [-0.15, -0.1) is 0 Å². The first-order chi connectivity index (χ1) is 9.88. The van der Waals surface area contributed by atoms with Crippen LogP contribution >= 0.6 is 0 Å². The number of carbonyl (C=O) groups excluding carboxylic acids is 1. The fourth-order valence-corrected chi connectivity index (χ4v) is 2.83. The first kappa shape index (κ1) is 16.0. The molecule has 4 nitrogen and oxygen atoms in total. The lowest BCUT2D eigenvalue weighted by Crippen LogP contribution is -2.41. The van der Waals surface area contributed by atoms with Crippen molar-refractivity contribution < 1.29 is 9.90 Å². The molecule has 1 aromatic rings. The number of nitrogens with zero attached hydrogens (tertiary/aromatic N) is 2. The summed E-state index contributed by atoms with van der Waals surface area (Å²) in [6.07, 6.45) is 2.02. The van der Waals surface area contributed by atoms with Crippen LogP contribution in [0.1, 0.15) is 30.0 Å². The Morgan fingerprint density at radius 2 is 2.00 bits per heavy atom. The molecule has 0 saturated heterocycles. The van der Waals surface area contributed by atoms with E-state index in [0.717, 1.165) is 24.0 Å². The second-order valence-electron chi connectivity index (χ2n) is 6.63. The van der Waals surface area contributed by atoms with E-state index >= 15 is 0 Å². The van der Waals surface area contributed by atoms with Crippen LogP contribution in [0.25, 0.3) is 0 Å². The summed E-state index contributed by atoms with van der Waals surface area (Å²) in [6, 6.07) is 7.82. The average Bonchev–Trinajstić information content (AvgIpc) is 3.18. The predicted octanol–water partition coefficient (Wildman–Crippen LogP) is 1.83. The van der Waals surface area contributed by atoms with Crippen molar-refractivity contribution >= 4 is 5.91 Å². The number of likely N-dealkylation sites (N-methyl/N-ethyl adjacent to an activating group) is 2. The van der Waals surface area contributed by atoms with Gasteiger partial charge >= 0.3 is 0 Å². The zero-order chi connectivity index (χ0) is 15.6. The Hall–Kier alpha value is -1.39. The second-order valence-corrected chi connectivity index (χ2v) is 6.63. The fraction of sp³-hybridized carbons (Fsp3) is 0.588. The second kappa shape index (κ2) is 6.16. The van der Waals surface area contributed by atoms with Gasteiger partial charge in [0.25, 0.3) is 0 Å². The third kappa shape index (κ3) is 3.63. The maximum Gasteiger partial charge on any atom is 0.244 e. The maximum absolute atomic E-state index is 12.8. The minimum absolute atomic E-state index is 0.0477. The van der Waals surface area contributed by atoms with E-state index < -0.39 is 0 Å². The molecular weight excluding hydrogens is 264 g/mol. The number of hydrogen-bond acceptors (Lipinski definition) is 3. The van der Waals surface area contributed by atoms with Crippen LogP contribution in [0.4, 0.5) is 0 Å². The number of carbonyl (C=O) groups is 1. The molecule has 1 aliphatic carbocycles. The number of rotatable bonds is 6. The highest BCUT2D eigenvalue weighted by Gasteiger charge is 2.44. The van der Waals surface area contributed by atoms with Crippen molar-refractivity contribution in [3.63, 3.8) is 0 Å². The Kier molecular flexibility index (Phi) is 4.69. The summed E-state index contributed by atoms with van der Waals surface area (Å²) in [5, 5.41) is 9.44. The molecule has 2 rings (SSSR count). The van der Waals surface area contributed by atoms with Gasteiger partial charge < -0.3 is 10.0 Å². The predicted molar refractivity (Wildman–Crippen MR) is 84.0 cm³/mol. The van der Waals surface area contributed by atoms with E-state index in [2.05, 4.69) is 6.07 Å². The molecule has 116 valence electrons. The Bertz CT molecular complexity index is 509. The van der Waals surface area contributed by atoms with Gasteiger partial charge in [-0.1, -0.05) is 29.8 Å². The summed E-state index contributed by atoms with van der Waals surface area (Å²) in [4.78, 5) is 16.5. The van der Waals surface area contributed by atoms with E-state index in [1.54, 1.807) is 4.90 Å². The van der Waals surface area contributed by atoms with Crippen LogP contribution in [0, 0.1) is 12.3 Å². The Morgan fingerprint density at radius 1 is 1.33 bits per heavy atom. The van der Waals surface area contributed by atoms with Crippen LogP contribution in [0.2, 0.25) is 0 Å². The fourth-order valence-electron chi connectivity index (χ4n) is 2.83. The van der Waals surface area contributed by atoms with Crippen molar-refractivity contribution in [3.05, 3.63) is 35.4 Å². The molecule has 1 fully saturated rings. The molecule has 0 aliphatic heterocycles. The van der Waals surface area contributed by atoms with Crippen LogP contribution < -0.4 is 0 Å². The van der Waals surface area contributed by atoms with E-state index in [0.29, 0.717) is 6.54 Å².